The first-order valence-corrected chi connectivity index (χ1v) is 8.06. The number of rotatable bonds is 2. The molecule has 0 aromatic heterocycles. The largest absolute Gasteiger partial charge is 0.398 e. The van der Waals surface area contributed by atoms with Crippen molar-refractivity contribution in [2.24, 2.45) is 11.8 Å². The van der Waals surface area contributed by atoms with Gasteiger partial charge in [-0.05, 0) is 62.1 Å². The fourth-order valence-corrected chi connectivity index (χ4v) is 3.26. The third-order valence-electron chi connectivity index (χ3n) is 4.85. The smallest absolute Gasteiger partial charge is 0.254 e. The number of benzene rings is 1. The molecular formula is C18H28N2O. The highest BCUT2D eigenvalue weighted by atomic mass is 16.2. The van der Waals surface area contributed by atoms with Crippen LogP contribution in [0.25, 0.3) is 0 Å². The van der Waals surface area contributed by atoms with Crippen LogP contribution in [0.15, 0.2) is 12.1 Å². The molecule has 1 aromatic carbocycles. The summed E-state index contributed by atoms with van der Waals surface area (Å²) in [7, 11) is 0. The molecule has 0 radical (unpaired) electrons. The van der Waals surface area contributed by atoms with Crippen molar-refractivity contribution in [3.63, 3.8) is 0 Å². The molecule has 1 aromatic rings. The SMILES string of the molecule is Cc1cc(C)c(C(=O)N2CCCC(C(C)C)CC2)cc1N. The second-order valence-electron chi connectivity index (χ2n) is 6.75. The second-order valence-corrected chi connectivity index (χ2v) is 6.75. The van der Waals surface area contributed by atoms with Gasteiger partial charge in [0.15, 0.2) is 0 Å². The van der Waals surface area contributed by atoms with Crippen molar-refractivity contribution >= 4 is 11.6 Å². The monoisotopic (exact) mass is 288 g/mol. The fourth-order valence-electron chi connectivity index (χ4n) is 3.26. The highest BCUT2D eigenvalue weighted by Crippen LogP contribution is 2.26. The number of nitrogen functional groups attached to an aromatic ring is 1. The van der Waals surface area contributed by atoms with Gasteiger partial charge in [-0.2, -0.15) is 0 Å². The van der Waals surface area contributed by atoms with Crippen LogP contribution in [0, 0.1) is 25.7 Å². The van der Waals surface area contributed by atoms with Crippen LogP contribution in [0.4, 0.5) is 5.69 Å². The van der Waals surface area contributed by atoms with E-state index >= 15 is 0 Å². The lowest BCUT2D eigenvalue weighted by molar-refractivity contribution is 0.0758. The number of carbonyl (C=O) groups is 1. The van der Waals surface area contributed by atoms with Crippen molar-refractivity contribution in [2.75, 3.05) is 18.8 Å². The van der Waals surface area contributed by atoms with Gasteiger partial charge in [0, 0.05) is 24.3 Å². The Morgan fingerprint density at radius 1 is 1.19 bits per heavy atom. The third kappa shape index (κ3) is 3.58. The molecule has 2 rings (SSSR count). The highest BCUT2D eigenvalue weighted by Gasteiger charge is 2.24. The zero-order valence-electron chi connectivity index (χ0n) is 13.8. The van der Waals surface area contributed by atoms with E-state index in [1.165, 1.54) is 6.42 Å². The van der Waals surface area contributed by atoms with Crippen LogP contribution < -0.4 is 5.73 Å². The minimum absolute atomic E-state index is 0.142. The van der Waals surface area contributed by atoms with E-state index in [1.54, 1.807) is 0 Å². The number of carbonyl (C=O) groups excluding carboxylic acids is 1. The number of hydrogen-bond acceptors (Lipinski definition) is 2. The van der Waals surface area contributed by atoms with Crippen LogP contribution in [0.5, 0.6) is 0 Å². The quantitative estimate of drug-likeness (QED) is 0.842. The molecule has 1 atom stereocenters. The van der Waals surface area contributed by atoms with Gasteiger partial charge in [-0.3, -0.25) is 4.79 Å². The van der Waals surface area contributed by atoms with Gasteiger partial charge in [0.1, 0.15) is 0 Å². The van der Waals surface area contributed by atoms with Crippen LogP contribution in [0.2, 0.25) is 0 Å². The summed E-state index contributed by atoms with van der Waals surface area (Å²) in [6.07, 6.45) is 3.45. The van der Waals surface area contributed by atoms with Crippen molar-refractivity contribution in [1.29, 1.82) is 0 Å². The summed E-state index contributed by atoms with van der Waals surface area (Å²) in [6.45, 7) is 10.3. The summed E-state index contributed by atoms with van der Waals surface area (Å²) in [5.41, 5.74) is 9.52. The average molecular weight is 288 g/mol. The Labute approximate surface area is 128 Å². The summed E-state index contributed by atoms with van der Waals surface area (Å²) in [6, 6.07) is 3.86. The molecule has 0 bridgehead atoms. The molecule has 1 aliphatic heterocycles. The lowest BCUT2D eigenvalue weighted by Gasteiger charge is -2.23. The topological polar surface area (TPSA) is 46.3 Å². The summed E-state index contributed by atoms with van der Waals surface area (Å²) >= 11 is 0. The maximum atomic E-state index is 12.8. The van der Waals surface area contributed by atoms with Crippen molar-refractivity contribution < 1.29 is 4.79 Å². The number of amides is 1. The maximum absolute atomic E-state index is 12.8. The summed E-state index contributed by atoms with van der Waals surface area (Å²) in [5, 5.41) is 0. The zero-order valence-corrected chi connectivity index (χ0v) is 13.8. The molecule has 0 spiro atoms. The van der Waals surface area contributed by atoms with E-state index in [0.29, 0.717) is 11.6 Å². The van der Waals surface area contributed by atoms with Crippen molar-refractivity contribution in [1.82, 2.24) is 4.90 Å². The first-order chi connectivity index (χ1) is 9.90. The van der Waals surface area contributed by atoms with Gasteiger partial charge < -0.3 is 10.6 Å². The van der Waals surface area contributed by atoms with Crippen molar-refractivity contribution in [2.45, 2.75) is 47.0 Å². The third-order valence-corrected chi connectivity index (χ3v) is 4.85. The van der Waals surface area contributed by atoms with E-state index < -0.39 is 0 Å². The van der Waals surface area contributed by atoms with E-state index in [-0.39, 0.29) is 5.91 Å². The van der Waals surface area contributed by atoms with Gasteiger partial charge in [-0.25, -0.2) is 0 Å². The molecule has 3 nitrogen and oxygen atoms in total. The number of likely N-dealkylation sites (tertiary alicyclic amines) is 1. The van der Waals surface area contributed by atoms with E-state index in [0.717, 1.165) is 48.5 Å². The predicted octanol–water partition coefficient (Wildman–Crippen LogP) is 3.78. The molecule has 2 N–H and O–H groups in total. The first kappa shape index (κ1) is 15.9. The van der Waals surface area contributed by atoms with Crippen molar-refractivity contribution in [3.8, 4) is 0 Å². The van der Waals surface area contributed by atoms with Crippen LogP contribution in [-0.4, -0.2) is 23.9 Å². The Morgan fingerprint density at radius 2 is 1.90 bits per heavy atom. The lowest BCUT2D eigenvalue weighted by Crippen LogP contribution is -2.32. The van der Waals surface area contributed by atoms with Gasteiger partial charge in [0.2, 0.25) is 0 Å². The molecule has 1 unspecified atom stereocenters. The van der Waals surface area contributed by atoms with Crippen LogP contribution >= 0.6 is 0 Å². The van der Waals surface area contributed by atoms with Gasteiger partial charge in [-0.15, -0.1) is 0 Å². The van der Waals surface area contributed by atoms with Gasteiger partial charge in [0.05, 0.1) is 0 Å². The Bertz CT molecular complexity index is 522. The molecule has 116 valence electrons. The molecule has 0 saturated carbocycles. The normalized spacial score (nSPS) is 19.7. The molecule has 1 saturated heterocycles. The standard InChI is InChI=1S/C18H28N2O/c1-12(2)15-6-5-8-20(9-7-15)18(21)16-11-17(19)14(4)10-13(16)3/h10-12,15H,5-9,19H2,1-4H3. The van der Waals surface area contributed by atoms with E-state index in [4.69, 9.17) is 5.73 Å². The second kappa shape index (κ2) is 6.50. The predicted molar refractivity (Wildman–Crippen MR) is 88.4 cm³/mol. The minimum Gasteiger partial charge on any atom is -0.398 e. The number of nitrogens with zero attached hydrogens (tertiary/aromatic N) is 1. The average Bonchev–Trinajstić information content (AvgIpc) is 2.68. The first-order valence-electron chi connectivity index (χ1n) is 8.06. The molecular weight excluding hydrogens is 260 g/mol. The Kier molecular flexibility index (Phi) is 4.92. The molecule has 1 heterocycles. The van der Waals surface area contributed by atoms with Crippen molar-refractivity contribution in [3.05, 3.63) is 28.8 Å². The number of anilines is 1. The molecule has 3 heteroatoms. The molecule has 21 heavy (non-hydrogen) atoms. The van der Waals surface area contributed by atoms with Crippen LogP contribution in [-0.2, 0) is 0 Å². The van der Waals surface area contributed by atoms with Gasteiger partial charge in [0.25, 0.3) is 5.91 Å². The van der Waals surface area contributed by atoms with Crippen LogP contribution in [0.1, 0.15) is 54.6 Å². The Balaban J connectivity index is 2.15. The lowest BCUT2D eigenvalue weighted by atomic mass is 9.89. The molecule has 0 aliphatic carbocycles. The van der Waals surface area contributed by atoms with E-state index in [9.17, 15) is 4.79 Å². The summed E-state index contributed by atoms with van der Waals surface area (Å²) in [4.78, 5) is 14.8. The Morgan fingerprint density at radius 3 is 2.57 bits per heavy atom. The van der Waals surface area contributed by atoms with E-state index in [1.807, 2.05) is 30.9 Å². The molecule has 1 aliphatic rings. The van der Waals surface area contributed by atoms with Gasteiger partial charge >= 0.3 is 0 Å². The summed E-state index contributed by atoms with van der Waals surface area (Å²) < 4.78 is 0. The zero-order chi connectivity index (χ0) is 15.6. The van der Waals surface area contributed by atoms with Gasteiger partial charge in [-0.1, -0.05) is 19.9 Å². The number of nitrogens with two attached hydrogens (primary N) is 1. The number of hydrogen-bond donors (Lipinski definition) is 1. The maximum Gasteiger partial charge on any atom is 0.254 e. The summed E-state index contributed by atoms with van der Waals surface area (Å²) in [5.74, 6) is 1.59. The Hall–Kier alpha value is -1.51. The minimum atomic E-state index is 0.142. The number of aryl methyl sites for hydroxylation is 2. The fraction of sp³-hybridized carbons (Fsp3) is 0.611. The highest BCUT2D eigenvalue weighted by molar-refractivity contribution is 5.96. The molecule has 1 fully saturated rings. The van der Waals surface area contributed by atoms with E-state index in [2.05, 4.69) is 13.8 Å². The van der Waals surface area contributed by atoms with Crippen LogP contribution in [0.3, 0.4) is 0 Å². The molecule has 1 amide bonds.